The fraction of sp³-hybridized carbons (Fsp3) is 0.696. The summed E-state index contributed by atoms with van der Waals surface area (Å²) in [6, 6.07) is 6.06. The molecule has 170 valence electrons. The normalized spacial score (nSPS) is 17.7. The predicted molar refractivity (Wildman–Crippen MR) is 132 cm³/mol. The summed E-state index contributed by atoms with van der Waals surface area (Å²) in [6.07, 6.45) is 7.19. The Labute approximate surface area is 198 Å². The Morgan fingerprint density at radius 3 is 2.67 bits per heavy atom. The Morgan fingerprint density at radius 1 is 1.10 bits per heavy atom. The zero-order valence-electron chi connectivity index (χ0n) is 18.5. The van der Waals surface area contributed by atoms with Gasteiger partial charge in [0, 0.05) is 38.3 Å². The smallest absolute Gasteiger partial charge is 0.191 e. The van der Waals surface area contributed by atoms with E-state index in [1.165, 1.54) is 25.7 Å². The van der Waals surface area contributed by atoms with Crippen molar-refractivity contribution in [1.82, 2.24) is 10.6 Å². The van der Waals surface area contributed by atoms with Crippen molar-refractivity contribution in [3.63, 3.8) is 0 Å². The van der Waals surface area contributed by atoms with E-state index in [1.807, 2.05) is 12.1 Å². The van der Waals surface area contributed by atoms with Crippen molar-refractivity contribution in [2.45, 2.75) is 58.9 Å². The minimum Gasteiger partial charge on any atom is -0.490 e. The van der Waals surface area contributed by atoms with Crippen LogP contribution in [-0.2, 0) is 11.3 Å². The quantitative estimate of drug-likeness (QED) is 0.213. The van der Waals surface area contributed by atoms with Crippen molar-refractivity contribution >= 4 is 29.9 Å². The highest BCUT2D eigenvalue weighted by atomic mass is 127. The first-order valence-corrected chi connectivity index (χ1v) is 11.2. The number of nitrogens with zero attached hydrogens (tertiary/aromatic N) is 1. The third kappa shape index (κ3) is 7.18. The number of aliphatic imine (C=N–C) groups is 1. The maximum Gasteiger partial charge on any atom is 0.191 e. The Kier molecular flexibility index (Phi) is 11.1. The highest BCUT2D eigenvalue weighted by Crippen LogP contribution is 2.40. The lowest BCUT2D eigenvalue weighted by molar-refractivity contribution is 0.105. The van der Waals surface area contributed by atoms with Crippen molar-refractivity contribution in [2.75, 3.05) is 39.5 Å². The number of halogens is 1. The minimum atomic E-state index is 0. The number of fused-ring (bicyclic) bond motifs is 1. The number of hydrogen-bond acceptors (Lipinski definition) is 4. The first kappa shape index (κ1) is 25.0. The zero-order chi connectivity index (χ0) is 20.4. The van der Waals surface area contributed by atoms with Crippen LogP contribution in [0.15, 0.2) is 23.2 Å². The van der Waals surface area contributed by atoms with E-state index in [0.29, 0.717) is 25.2 Å². The molecule has 1 saturated carbocycles. The molecule has 0 spiro atoms. The molecule has 1 aromatic carbocycles. The summed E-state index contributed by atoms with van der Waals surface area (Å²) in [7, 11) is 0. The molecule has 0 bridgehead atoms. The largest absolute Gasteiger partial charge is 0.490 e. The number of nitrogens with one attached hydrogen (secondary N) is 2. The zero-order valence-corrected chi connectivity index (χ0v) is 20.8. The molecule has 2 N–H and O–H groups in total. The Hall–Kier alpha value is -1.22. The standard InChI is InChI=1S/C23H37N3O3.HI/c1-3-24-22(26-18-23(11-5-6-12-23)13-16-27-4-2)25-17-19-9-7-10-20-21(19)29-15-8-14-28-20;/h7,9-10H,3-6,8,11-18H2,1-2H3,(H2,24,25,26);1H. The van der Waals surface area contributed by atoms with Gasteiger partial charge in [-0.2, -0.15) is 0 Å². The first-order valence-electron chi connectivity index (χ1n) is 11.2. The van der Waals surface area contributed by atoms with Crippen LogP contribution in [0, 0.1) is 5.41 Å². The number of ether oxygens (including phenoxy) is 3. The number of para-hydroxylation sites is 1. The van der Waals surface area contributed by atoms with Crippen LogP contribution in [0.3, 0.4) is 0 Å². The average molecular weight is 531 g/mol. The summed E-state index contributed by atoms with van der Waals surface area (Å²) in [5.41, 5.74) is 1.39. The van der Waals surface area contributed by atoms with Crippen LogP contribution in [0.4, 0.5) is 0 Å². The van der Waals surface area contributed by atoms with Crippen LogP contribution in [0.25, 0.3) is 0 Å². The first-order chi connectivity index (χ1) is 14.3. The molecule has 7 heteroatoms. The summed E-state index contributed by atoms with van der Waals surface area (Å²) < 4.78 is 17.4. The van der Waals surface area contributed by atoms with E-state index in [1.54, 1.807) is 0 Å². The van der Waals surface area contributed by atoms with Crippen LogP contribution < -0.4 is 20.1 Å². The highest BCUT2D eigenvalue weighted by Gasteiger charge is 2.33. The van der Waals surface area contributed by atoms with Gasteiger partial charge in [0.1, 0.15) is 0 Å². The molecule has 1 aromatic rings. The lowest BCUT2D eigenvalue weighted by Gasteiger charge is -2.30. The molecule has 0 saturated heterocycles. The van der Waals surface area contributed by atoms with Gasteiger partial charge in [-0.1, -0.05) is 25.0 Å². The molecule has 6 nitrogen and oxygen atoms in total. The maximum atomic E-state index is 5.94. The SMILES string of the molecule is CCNC(=NCc1cccc2c1OCCCO2)NCC1(CCOCC)CCCC1.I. The van der Waals surface area contributed by atoms with Gasteiger partial charge in [-0.15, -0.1) is 24.0 Å². The second-order valence-corrected chi connectivity index (χ2v) is 8.00. The lowest BCUT2D eigenvalue weighted by Crippen LogP contribution is -2.43. The van der Waals surface area contributed by atoms with E-state index in [4.69, 9.17) is 19.2 Å². The topological polar surface area (TPSA) is 64.1 Å². The second kappa shape index (κ2) is 13.2. The summed E-state index contributed by atoms with van der Waals surface area (Å²) in [4.78, 5) is 4.84. The molecule has 0 unspecified atom stereocenters. The molecule has 1 aliphatic heterocycles. The molecule has 1 fully saturated rings. The number of guanidine groups is 1. The van der Waals surface area contributed by atoms with Gasteiger partial charge >= 0.3 is 0 Å². The second-order valence-electron chi connectivity index (χ2n) is 8.00. The molecule has 1 aliphatic carbocycles. The van der Waals surface area contributed by atoms with E-state index < -0.39 is 0 Å². The summed E-state index contributed by atoms with van der Waals surface area (Å²) in [5.74, 6) is 2.53. The molecule has 3 rings (SSSR count). The fourth-order valence-corrected chi connectivity index (χ4v) is 4.23. The number of hydrogen-bond donors (Lipinski definition) is 2. The van der Waals surface area contributed by atoms with Gasteiger partial charge in [-0.25, -0.2) is 4.99 Å². The van der Waals surface area contributed by atoms with Gasteiger partial charge in [-0.3, -0.25) is 0 Å². The summed E-state index contributed by atoms with van der Waals surface area (Å²) >= 11 is 0. The van der Waals surface area contributed by atoms with E-state index in [2.05, 4.69) is 30.5 Å². The lowest BCUT2D eigenvalue weighted by atomic mass is 9.83. The third-order valence-corrected chi connectivity index (χ3v) is 5.88. The Bertz CT molecular complexity index is 663. The minimum absolute atomic E-state index is 0. The third-order valence-electron chi connectivity index (χ3n) is 5.88. The van der Waals surface area contributed by atoms with Crippen LogP contribution in [-0.4, -0.2) is 45.5 Å². The van der Waals surface area contributed by atoms with Crippen LogP contribution in [0.2, 0.25) is 0 Å². The highest BCUT2D eigenvalue weighted by molar-refractivity contribution is 14.0. The monoisotopic (exact) mass is 531 g/mol. The molecule has 30 heavy (non-hydrogen) atoms. The van der Waals surface area contributed by atoms with Gasteiger partial charge in [0.05, 0.1) is 19.8 Å². The van der Waals surface area contributed by atoms with Crippen molar-refractivity contribution in [1.29, 1.82) is 0 Å². The van der Waals surface area contributed by atoms with Gasteiger partial charge in [-0.05, 0) is 44.6 Å². The van der Waals surface area contributed by atoms with Gasteiger partial charge < -0.3 is 24.8 Å². The van der Waals surface area contributed by atoms with Gasteiger partial charge in [0.2, 0.25) is 0 Å². The van der Waals surface area contributed by atoms with Crippen molar-refractivity contribution in [3.8, 4) is 11.5 Å². The summed E-state index contributed by atoms with van der Waals surface area (Å²) in [5, 5.41) is 6.99. The number of rotatable bonds is 9. The average Bonchev–Trinajstić information content (AvgIpc) is 3.06. The van der Waals surface area contributed by atoms with Crippen LogP contribution >= 0.6 is 24.0 Å². The maximum absolute atomic E-state index is 5.94. The van der Waals surface area contributed by atoms with E-state index >= 15 is 0 Å². The Balaban J connectivity index is 0.00000320. The Morgan fingerprint density at radius 2 is 1.90 bits per heavy atom. The molecular weight excluding hydrogens is 493 g/mol. The van der Waals surface area contributed by atoms with Crippen LogP contribution in [0.1, 0.15) is 57.9 Å². The molecule has 1 heterocycles. The molecular formula is C23H38IN3O3. The van der Waals surface area contributed by atoms with Crippen molar-refractivity contribution < 1.29 is 14.2 Å². The number of benzene rings is 1. The van der Waals surface area contributed by atoms with Crippen LogP contribution in [0.5, 0.6) is 11.5 Å². The molecule has 0 atom stereocenters. The molecule has 0 aromatic heterocycles. The molecule has 0 amide bonds. The van der Waals surface area contributed by atoms with E-state index in [0.717, 1.165) is 62.2 Å². The predicted octanol–water partition coefficient (Wildman–Crippen LogP) is 4.51. The van der Waals surface area contributed by atoms with E-state index in [9.17, 15) is 0 Å². The molecule has 0 radical (unpaired) electrons. The van der Waals surface area contributed by atoms with Gasteiger partial charge in [0.25, 0.3) is 0 Å². The summed E-state index contributed by atoms with van der Waals surface area (Å²) in [6.45, 7) is 9.54. The molecule has 2 aliphatic rings. The van der Waals surface area contributed by atoms with E-state index in [-0.39, 0.29) is 24.0 Å². The van der Waals surface area contributed by atoms with Crippen molar-refractivity contribution in [2.24, 2.45) is 10.4 Å². The van der Waals surface area contributed by atoms with Crippen molar-refractivity contribution in [3.05, 3.63) is 23.8 Å². The fourth-order valence-electron chi connectivity index (χ4n) is 4.23. The van der Waals surface area contributed by atoms with Gasteiger partial charge in [0.15, 0.2) is 17.5 Å².